The molecule has 3 nitrogen and oxygen atoms in total. The van der Waals surface area contributed by atoms with E-state index in [2.05, 4.69) is 23.6 Å². The SMILES string of the molecule is Cc1cccc(NC(=O)CNC(C)c2cccs2)c1. The average molecular weight is 274 g/mol. The average Bonchev–Trinajstić information content (AvgIpc) is 2.90. The van der Waals surface area contributed by atoms with Crippen molar-refractivity contribution in [1.82, 2.24) is 5.32 Å². The molecule has 19 heavy (non-hydrogen) atoms. The van der Waals surface area contributed by atoms with E-state index in [-0.39, 0.29) is 11.9 Å². The van der Waals surface area contributed by atoms with Gasteiger partial charge in [0, 0.05) is 16.6 Å². The third-order valence-corrected chi connectivity index (χ3v) is 3.90. The van der Waals surface area contributed by atoms with Crippen molar-refractivity contribution < 1.29 is 4.79 Å². The van der Waals surface area contributed by atoms with Crippen LogP contribution in [-0.2, 0) is 4.79 Å². The maximum atomic E-state index is 11.8. The number of nitrogens with one attached hydrogen (secondary N) is 2. The Morgan fingerprint density at radius 2 is 2.16 bits per heavy atom. The van der Waals surface area contributed by atoms with Crippen LogP contribution >= 0.6 is 11.3 Å². The molecular formula is C15H18N2OS. The Bertz CT molecular complexity index is 537. The molecule has 2 aromatic rings. The van der Waals surface area contributed by atoms with Gasteiger partial charge in [-0.15, -0.1) is 11.3 Å². The third kappa shape index (κ3) is 4.19. The van der Waals surface area contributed by atoms with Crippen LogP contribution in [0, 0.1) is 6.92 Å². The highest BCUT2D eigenvalue weighted by Gasteiger charge is 2.08. The first kappa shape index (κ1) is 13.8. The number of carbonyl (C=O) groups is 1. The number of rotatable bonds is 5. The Morgan fingerprint density at radius 3 is 2.84 bits per heavy atom. The highest BCUT2D eigenvalue weighted by atomic mass is 32.1. The monoisotopic (exact) mass is 274 g/mol. The van der Waals surface area contributed by atoms with Gasteiger partial charge in [-0.1, -0.05) is 18.2 Å². The summed E-state index contributed by atoms with van der Waals surface area (Å²) in [4.78, 5) is 13.1. The minimum atomic E-state index is -0.0194. The Morgan fingerprint density at radius 1 is 1.32 bits per heavy atom. The molecule has 4 heteroatoms. The van der Waals surface area contributed by atoms with Gasteiger partial charge in [0.1, 0.15) is 0 Å². The second-order valence-corrected chi connectivity index (χ2v) is 5.51. The maximum Gasteiger partial charge on any atom is 0.238 e. The van der Waals surface area contributed by atoms with Gasteiger partial charge in [0.05, 0.1) is 6.54 Å². The number of carbonyl (C=O) groups excluding carboxylic acids is 1. The van der Waals surface area contributed by atoms with Crippen LogP contribution in [0.4, 0.5) is 5.69 Å². The van der Waals surface area contributed by atoms with Crippen molar-refractivity contribution in [2.75, 3.05) is 11.9 Å². The van der Waals surface area contributed by atoms with E-state index < -0.39 is 0 Å². The second-order valence-electron chi connectivity index (χ2n) is 4.54. The highest BCUT2D eigenvalue weighted by Crippen LogP contribution is 2.17. The smallest absolute Gasteiger partial charge is 0.238 e. The fraction of sp³-hybridized carbons (Fsp3) is 0.267. The van der Waals surface area contributed by atoms with Crippen LogP contribution in [0.15, 0.2) is 41.8 Å². The van der Waals surface area contributed by atoms with E-state index >= 15 is 0 Å². The molecule has 2 rings (SSSR count). The van der Waals surface area contributed by atoms with Crippen LogP contribution in [-0.4, -0.2) is 12.5 Å². The lowest BCUT2D eigenvalue weighted by molar-refractivity contribution is -0.115. The number of amides is 1. The predicted octanol–water partition coefficient (Wildman–Crippen LogP) is 3.35. The van der Waals surface area contributed by atoms with Crippen LogP contribution in [0.1, 0.15) is 23.4 Å². The van der Waals surface area contributed by atoms with E-state index in [1.54, 1.807) is 11.3 Å². The van der Waals surface area contributed by atoms with Gasteiger partial charge in [-0.05, 0) is 43.0 Å². The molecule has 1 unspecified atom stereocenters. The zero-order valence-corrected chi connectivity index (χ0v) is 12.0. The lowest BCUT2D eigenvalue weighted by atomic mass is 10.2. The van der Waals surface area contributed by atoms with Crippen molar-refractivity contribution in [3.8, 4) is 0 Å². The quantitative estimate of drug-likeness (QED) is 0.878. The van der Waals surface area contributed by atoms with E-state index in [4.69, 9.17) is 0 Å². The van der Waals surface area contributed by atoms with E-state index in [0.717, 1.165) is 11.3 Å². The summed E-state index contributed by atoms with van der Waals surface area (Å²) in [5, 5.41) is 8.15. The summed E-state index contributed by atoms with van der Waals surface area (Å²) in [6, 6.07) is 12.1. The van der Waals surface area contributed by atoms with E-state index in [0.29, 0.717) is 6.54 Å². The molecule has 1 heterocycles. The molecule has 1 aromatic heterocycles. The molecule has 0 aliphatic rings. The first-order valence-corrected chi connectivity index (χ1v) is 7.16. The lowest BCUT2D eigenvalue weighted by Gasteiger charge is -2.12. The lowest BCUT2D eigenvalue weighted by Crippen LogP contribution is -2.29. The number of hydrogen-bond donors (Lipinski definition) is 2. The molecule has 0 saturated heterocycles. The normalized spacial score (nSPS) is 12.1. The number of hydrogen-bond acceptors (Lipinski definition) is 3. The van der Waals surface area contributed by atoms with Crippen molar-refractivity contribution in [2.24, 2.45) is 0 Å². The van der Waals surface area contributed by atoms with Gasteiger partial charge in [0.15, 0.2) is 0 Å². The zero-order valence-electron chi connectivity index (χ0n) is 11.1. The number of anilines is 1. The van der Waals surface area contributed by atoms with E-state index in [9.17, 15) is 4.79 Å². The van der Waals surface area contributed by atoms with Crippen LogP contribution in [0.5, 0.6) is 0 Å². The first-order valence-electron chi connectivity index (χ1n) is 6.28. The second kappa shape index (κ2) is 6.50. The van der Waals surface area contributed by atoms with Gasteiger partial charge in [-0.3, -0.25) is 4.79 Å². The van der Waals surface area contributed by atoms with Gasteiger partial charge < -0.3 is 10.6 Å². The molecule has 1 aromatic carbocycles. The van der Waals surface area contributed by atoms with Crippen LogP contribution in [0.2, 0.25) is 0 Å². The summed E-state index contributed by atoms with van der Waals surface area (Å²) in [6.45, 7) is 4.38. The molecule has 0 radical (unpaired) electrons. The van der Waals surface area contributed by atoms with Crippen molar-refractivity contribution in [3.05, 3.63) is 52.2 Å². The minimum absolute atomic E-state index is 0.0194. The van der Waals surface area contributed by atoms with Gasteiger partial charge in [-0.25, -0.2) is 0 Å². The predicted molar refractivity (Wildman–Crippen MR) is 80.5 cm³/mol. The van der Waals surface area contributed by atoms with E-state index in [1.165, 1.54) is 4.88 Å². The molecule has 0 saturated carbocycles. The Hall–Kier alpha value is -1.65. The molecule has 0 aliphatic heterocycles. The summed E-state index contributed by atoms with van der Waals surface area (Å²) in [5.41, 5.74) is 1.98. The number of thiophene rings is 1. The molecule has 0 aliphatic carbocycles. The zero-order chi connectivity index (χ0) is 13.7. The minimum Gasteiger partial charge on any atom is -0.325 e. The van der Waals surface area contributed by atoms with Gasteiger partial charge in [0.2, 0.25) is 5.91 Å². The van der Waals surface area contributed by atoms with Crippen molar-refractivity contribution in [1.29, 1.82) is 0 Å². The van der Waals surface area contributed by atoms with Crippen molar-refractivity contribution in [3.63, 3.8) is 0 Å². The Kier molecular flexibility index (Phi) is 4.71. The fourth-order valence-corrected chi connectivity index (χ4v) is 2.57. The topological polar surface area (TPSA) is 41.1 Å². The van der Waals surface area contributed by atoms with E-state index in [1.807, 2.05) is 42.6 Å². The van der Waals surface area contributed by atoms with Crippen LogP contribution in [0.3, 0.4) is 0 Å². The fourth-order valence-electron chi connectivity index (χ4n) is 1.81. The Labute approximate surface area is 117 Å². The van der Waals surface area contributed by atoms with Crippen molar-refractivity contribution in [2.45, 2.75) is 19.9 Å². The number of benzene rings is 1. The molecule has 0 fully saturated rings. The van der Waals surface area contributed by atoms with Crippen molar-refractivity contribution >= 4 is 22.9 Å². The molecule has 1 atom stereocenters. The highest BCUT2D eigenvalue weighted by molar-refractivity contribution is 7.10. The van der Waals surface area contributed by atoms with Gasteiger partial charge in [0.25, 0.3) is 0 Å². The molecule has 100 valence electrons. The molecule has 0 spiro atoms. The largest absolute Gasteiger partial charge is 0.325 e. The van der Waals surface area contributed by atoms with Gasteiger partial charge in [-0.2, -0.15) is 0 Å². The summed E-state index contributed by atoms with van der Waals surface area (Å²) in [7, 11) is 0. The molecule has 2 N–H and O–H groups in total. The van der Waals surface area contributed by atoms with Gasteiger partial charge >= 0.3 is 0 Å². The molecule has 0 bridgehead atoms. The standard InChI is InChI=1S/C15H18N2OS/c1-11-5-3-6-13(9-11)17-15(18)10-16-12(2)14-7-4-8-19-14/h3-9,12,16H,10H2,1-2H3,(H,17,18). The summed E-state index contributed by atoms with van der Waals surface area (Å²) < 4.78 is 0. The maximum absolute atomic E-state index is 11.8. The molecule has 1 amide bonds. The number of aryl methyl sites for hydroxylation is 1. The Balaban J connectivity index is 1.82. The summed E-state index contributed by atoms with van der Waals surface area (Å²) in [6.07, 6.45) is 0. The summed E-state index contributed by atoms with van der Waals surface area (Å²) >= 11 is 1.69. The summed E-state index contributed by atoms with van der Waals surface area (Å²) in [5.74, 6) is -0.0194. The van der Waals surface area contributed by atoms with Crippen LogP contribution in [0.25, 0.3) is 0 Å². The third-order valence-electron chi connectivity index (χ3n) is 2.84. The molecular weight excluding hydrogens is 256 g/mol. The van der Waals surface area contributed by atoms with Crippen LogP contribution < -0.4 is 10.6 Å². The first-order chi connectivity index (χ1) is 9.15.